The van der Waals surface area contributed by atoms with Crippen molar-refractivity contribution in [2.45, 2.75) is 6.61 Å². The summed E-state index contributed by atoms with van der Waals surface area (Å²) < 4.78 is 21.5. The summed E-state index contributed by atoms with van der Waals surface area (Å²) in [5.41, 5.74) is 4.65. The van der Waals surface area contributed by atoms with Crippen molar-refractivity contribution in [3.8, 4) is 23.0 Å². The molecule has 0 saturated heterocycles. The molecule has 0 fully saturated rings. The van der Waals surface area contributed by atoms with Crippen LogP contribution in [0.1, 0.15) is 21.5 Å². The Morgan fingerprint density at radius 2 is 1.45 bits per heavy atom. The van der Waals surface area contributed by atoms with Crippen molar-refractivity contribution in [3.63, 3.8) is 0 Å². The van der Waals surface area contributed by atoms with Gasteiger partial charge in [-0.2, -0.15) is 5.10 Å². The first-order valence-electron chi connectivity index (χ1n) is 9.54. The zero-order chi connectivity index (χ0) is 22.1. The van der Waals surface area contributed by atoms with E-state index < -0.39 is 0 Å². The summed E-state index contributed by atoms with van der Waals surface area (Å²) in [5.74, 6) is 2.56. The van der Waals surface area contributed by atoms with Crippen molar-refractivity contribution >= 4 is 12.1 Å². The molecule has 1 N–H and O–H groups in total. The standard InChI is InChI=1S/C24H24N2O5/c1-28-20-7-5-18(6-8-20)24(27)26-25-15-17-4-13-23(30-3)19(14-17)16-31-22-11-9-21(29-2)10-12-22/h4-15H,16H2,1-3H3,(H,26,27)/b25-15-. The summed E-state index contributed by atoms with van der Waals surface area (Å²) in [6, 6.07) is 19.7. The number of hydrogen-bond donors (Lipinski definition) is 1. The number of nitrogens with zero attached hydrogens (tertiary/aromatic N) is 1. The number of amides is 1. The van der Waals surface area contributed by atoms with E-state index in [9.17, 15) is 4.79 Å². The average Bonchev–Trinajstić information content (AvgIpc) is 2.83. The van der Waals surface area contributed by atoms with Crippen LogP contribution < -0.4 is 24.4 Å². The van der Waals surface area contributed by atoms with Gasteiger partial charge in [-0.15, -0.1) is 0 Å². The lowest BCUT2D eigenvalue weighted by Gasteiger charge is -2.11. The van der Waals surface area contributed by atoms with E-state index in [1.54, 1.807) is 51.8 Å². The summed E-state index contributed by atoms with van der Waals surface area (Å²) in [6.07, 6.45) is 1.57. The number of carbonyl (C=O) groups excluding carboxylic acids is 1. The molecule has 0 radical (unpaired) electrons. The third-order valence-corrected chi connectivity index (χ3v) is 4.49. The molecular weight excluding hydrogens is 396 g/mol. The van der Waals surface area contributed by atoms with Crippen molar-refractivity contribution in [3.05, 3.63) is 83.4 Å². The van der Waals surface area contributed by atoms with Crippen LogP contribution in [-0.4, -0.2) is 33.5 Å². The van der Waals surface area contributed by atoms with E-state index in [4.69, 9.17) is 18.9 Å². The van der Waals surface area contributed by atoms with Crippen LogP contribution >= 0.6 is 0 Å². The maximum absolute atomic E-state index is 12.2. The molecule has 160 valence electrons. The molecule has 3 aromatic carbocycles. The molecular formula is C24H24N2O5. The van der Waals surface area contributed by atoms with Crippen molar-refractivity contribution in [1.29, 1.82) is 0 Å². The summed E-state index contributed by atoms with van der Waals surface area (Å²) in [4.78, 5) is 12.2. The molecule has 1 amide bonds. The predicted molar refractivity (Wildman–Crippen MR) is 118 cm³/mol. The van der Waals surface area contributed by atoms with Gasteiger partial charge in [-0.25, -0.2) is 5.43 Å². The van der Waals surface area contributed by atoms with Crippen molar-refractivity contribution in [2.75, 3.05) is 21.3 Å². The van der Waals surface area contributed by atoms with E-state index in [1.807, 2.05) is 42.5 Å². The number of methoxy groups -OCH3 is 3. The first kappa shape index (κ1) is 21.7. The normalized spacial score (nSPS) is 10.5. The second-order valence-corrected chi connectivity index (χ2v) is 6.46. The number of benzene rings is 3. The Morgan fingerprint density at radius 1 is 0.839 bits per heavy atom. The van der Waals surface area contributed by atoms with E-state index in [0.717, 1.165) is 16.9 Å². The topological polar surface area (TPSA) is 78.4 Å². The van der Waals surface area contributed by atoms with E-state index in [2.05, 4.69) is 10.5 Å². The van der Waals surface area contributed by atoms with E-state index in [1.165, 1.54) is 0 Å². The van der Waals surface area contributed by atoms with Gasteiger partial charge in [0.25, 0.3) is 5.91 Å². The predicted octanol–water partition coefficient (Wildman–Crippen LogP) is 4.06. The largest absolute Gasteiger partial charge is 0.497 e. The van der Waals surface area contributed by atoms with Gasteiger partial charge in [0.2, 0.25) is 0 Å². The van der Waals surface area contributed by atoms with Gasteiger partial charge >= 0.3 is 0 Å². The van der Waals surface area contributed by atoms with E-state index in [-0.39, 0.29) is 5.91 Å². The highest BCUT2D eigenvalue weighted by molar-refractivity contribution is 5.95. The Balaban J connectivity index is 1.63. The molecule has 0 aliphatic rings. The fourth-order valence-electron chi connectivity index (χ4n) is 2.80. The molecule has 7 nitrogen and oxygen atoms in total. The van der Waals surface area contributed by atoms with Gasteiger partial charge in [0, 0.05) is 11.1 Å². The molecule has 31 heavy (non-hydrogen) atoms. The fraction of sp³-hybridized carbons (Fsp3) is 0.167. The number of nitrogens with one attached hydrogen (secondary N) is 1. The van der Waals surface area contributed by atoms with E-state index >= 15 is 0 Å². The molecule has 0 atom stereocenters. The van der Waals surface area contributed by atoms with Crippen LogP contribution in [-0.2, 0) is 6.61 Å². The lowest BCUT2D eigenvalue weighted by atomic mass is 10.1. The second kappa shape index (κ2) is 10.7. The summed E-state index contributed by atoms with van der Waals surface area (Å²) in [5, 5.41) is 4.04. The van der Waals surface area contributed by atoms with Crippen LogP contribution in [0.15, 0.2) is 71.8 Å². The monoisotopic (exact) mass is 420 g/mol. The highest BCUT2D eigenvalue weighted by atomic mass is 16.5. The van der Waals surface area contributed by atoms with Crippen molar-refractivity contribution in [2.24, 2.45) is 5.10 Å². The molecule has 0 heterocycles. The number of carbonyl (C=O) groups is 1. The van der Waals surface area contributed by atoms with Gasteiger partial charge < -0.3 is 18.9 Å². The van der Waals surface area contributed by atoms with Gasteiger partial charge in [0.05, 0.1) is 27.5 Å². The Bertz CT molecular complexity index is 1030. The average molecular weight is 420 g/mol. The third-order valence-electron chi connectivity index (χ3n) is 4.49. The summed E-state index contributed by atoms with van der Waals surface area (Å²) in [6.45, 7) is 0.315. The molecule has 0 spiro atoms. The number of hydrazone groups is 1. The first-order valence-corrected chi connectivity index (χ1v) is 9.54. The highest BCUT2D eigenvalue weighted by Crippen LogP contribution is 2.23. The molecule has 0 aliphatic carbocycles. The van der Waals surface area contributed by atoms with Gasteiger partial charge in [-0.3, -0.25) is 4.79 Å². The first-order chi connectivity index (χ1) is 15.1. The molecule has 0 unspecified atom stereocenters. The molecule has 3 aromatic rings. The maximum atomic E-state index is 12.2. The third kappa shape index (κ3) is 5.99. The van der Waals surface area contributed by atoms with Crippen LogP contribution in [0, 0.1) is 0 Å². The summed E-state index contributed by atoms with van der Waals surface area (Å²) >= 11 is 0. The highest BCUT2D eigenvalue weighted by Gasteiger charge is 2.07. The molecule has 3 rings (SSSR count). The van der Waals surface area contributed by atoms with Gasteiger partial charge in [0.15, 0.2) is 0 Å². The second-order valence-electron chi connectivity index (χ2n) is 6.46. The van der Waals surface area contributed by atoms with Gasteiger partial charge in [-0.1, -0.05) is 0 Å². The molecule has 0 saturated carbocycles. The summed E-state index contributed by atoms with van der Waals surface area (Å²) in [7, 11) is 4.80. The van der Waals surface area contributed by atoms with Gasteiger partial charge in [0.1, 0.15) is 29.6 Å². The van der Waals surface area contributed by atoms with Crippen LogP contribution in [0.2, 0.25) is 0 Å². The minimum atomic E-state index is -0.310. The Hall–Kier alpha value is -4.00. The zero-order valence-corrected chi connectivity index (χ0v) is 17.6. The SMILES string of the molecule is COc1ccc(OCc2cc(/C=N\NC(=O)c3ccc(OC)cc3)ccc2OC)cc1. The van der Waals surface area contributed by atoms with Crippen LogP contribution in [0.3, 0.4) is 0 Å². The van der Waals surface area contributed by atoms with E-state index in [0.29, 0.717) is 29.4 Å². The Kier molecular flexibility index (Phi) is 7.48. The Morgan fingerprint density at radius 3 is 2.06 bits per heavy atom. The molecule has 0 aliphatic heterocycles. The zero-order valence-electron chi connectivity index (χ0n) is 17.6. The molecule has 7 heteroatoms. The van der Waals surface area contributed by atoms with Crippen molar-refractivity contribution < 1.29 is 23.7 Å². The molecule has 0 aromatic heterocycles. The quantitative estimate of drug-likeness (QED) is 0.417. The number of ether oxygens (including phenoxy) is 4. The van der Waals surface area contributed by atoms with Crippen molar-refractivity contribution in [1.82, 2.24) is 5.43 Å². The van der Waals surface area contributed by atoms with Gasteiger partial charge in [-0.05, 0) is 72.3 Å². The fourth-order valence-corrected chi connectivity index (χ4v) is 2.80. The Labute approximate surface area is 181 Å². The van der Waals surface area contributed by atoms with Crippen LogP contribution in [0.25, 0.3) is 0 Å². The van der Waals surface area contributed by atoms with Crippen LogP contribution in [0.4, 0.5) is 0 Å². The lowest BCUT2D eigenvalue weighted by Crippen LogP contribution is -2.17. The maximum Gasteiger partial charge on any atom is 0.271 e. The lowest BCUT2D eigenvalue weighted by molar-refractivity contribution is 0.0955. The van der Waals surface area contributed by atoms with Crippen LogP contribution in [0.5, 0.6) is 23.0 Å². The number of hydrogen-bond acceptors (Lipinski definition) is 6. The number of rotatable bonds is 9. The minimum absolute atomic E-state index is 0.310. The smallest absolute Gasteiger partial charge is 0.271 e. The molecule has 0 bridgehead atoms. The minimum Gasteiger partial charge on any atom is -0.497 e.